The largest absolute Gasteiger partial charge is 0.508 e. The summed E-state index contributed by atoms with van der Waals surface area (Å²) in [6.07, 6.45) is -0.823. The maximum atomic E-state index is 11.8. The number of nitrogens with zero attached hydrogens (tertiary/aromatic N) is 1. The van der Waals surface area contributed by atoms with Crippen LogP contribution in [0.5, 0.6) is 0 Å². The summed E-state index contributed by atoms with van der Waals surface area (Å²) in [7, 11) is 0. The summed E-state index contributed by atoms with van der Waals surface area (Å²) in [5.41, 5.74) is -1.23. The smallest absolute Gasteiger partial charge is 0.433 e. The Balaban J connectivity index is 2.01. The molecule has 2 amide bonds. The van der Waals surface area contributed by atoms with Gasteiger partial charge in [0.15, 0.2) is 0 Å². The normalized spacial score (nSPS) is 22.5. The minimum Gasteiger partial charge on any atom is -0.433 e. The Morgan fingerprint density at radius 3 is 2.17 bits per heavy atom. The topological polar surface area (TPSA) is 99.2 Å². The van der Waals surface area contributed by atoms with E-state index in [1.807, 2.05) is 0 Å². The van der Waals surface area contributed by atoms with Gasteiger partial charge in [0.05, 0.1) is 0 Å². The summed E-state index contributed by atoms with van der Waals surface area (Å²) in [4.78, 5) is 49.8. The van der Waals surface area contributed by atoms with Gasteiger partial charge in [0.25, 0.3) is 11.8 Å². The van der Waals surface area contributed by atoms with Gasteiger partial charge in [-0.2, -0.15) is 0 Å². The van der Waals surface area contributed by atoms with Gasteiger partial charge in [0.1, 0.15) is 18.6 Å². The predicted molar refractivity (Wildman–Crippen MR) is 52.6 cm³/mol. The standard InChI is InChI=1S/C10H11NO7/c1-10(4-16-9(15)17-5-10)8(14)18-11-6(12)2-3-7(11)13/h2-5H2,1H3. The second-order valence-corrected chi connectivity index (χ2v) is 4.35. The molecule has 2 aliphatic heterocycles. The lowest BCUT2D eigenvalue weighted by atomic mass is 9.93. The Labute approximate surface area is 102 Å². The Kier molecular flexibility index (Phi) is 2.93. The lowest BCUT2D eigenvalue weighted by molar-refractivity contribution is -0.210. The molecule has 0 unspecified atom stereocenters. The number of carbonyl (C=O) groups is 4. The first-order valence-corrected chi connectivity index (χ1v) is 5.30. The van der Waals surface area contributed by atoms with Crippen LogP contribution >= 0.6 is 0 Å². The molecule has 0 aromatic heterocycles. The molecule has 0 saturated carbocycles. The van der Waals surface area contributed by atoms with E-state index in [-0.39, 0.29) is 26.1 Å². The van der Waals surface area contributed by atoms with Crippen LogP contribution in [0.15, 0.2) is 0 Å². The van der Waals surface area contributed by atoms with Crippen LogP contribution in [-0.2, 0) is 28.7 Å². The van der Waals surface area contributed by atoms with Gasteiger partial charge in [0, 0.05) is 12.8 Å². The molecular weight excluding hydrogens is 246 g/mol. The predicted octanol–water partition coefficient (Wildman–Crippen LogP) is -0.233. The number of hydrogen-bond donors (Lipinski definition) is 0. The van der Waals surface area contributed by atoms with Crippen LogP contribution in [0.4, 0.5) is 4.79 Å². The van der Waals surface area contributed by atoms with Crippen molar-refractivity contribution in [2.45, 2.75) is 19.8 Å². The highest BCUT2D eigenvalue weighted by atomic mass is 16.7. The average molecular weight is 257 g/mol. The van der Waals surface area contributed by atoms with Crippen molar-refractivity contribution in [2.75, 3.05) is 13.2 Å². The number of hydrogen-bond acceptors (Lipinski definition) is 7. The molecule has 0 bridgehead atoms. The second-order valence-electron chi connectivity index (χ2n) is 4.35. The molecule has 0 aromatic carbocycles. The highest BCUT2D eigenvalue weighted by Crippen LogP contribution is 2.25. The van der Waals surface area contributed by atoms with E-state index < -0.39 is 29.4 Å². The maximum absolute atomic E-state index is 11.8. The molecule has 2 fully saturated rings. The highest BCUT2D eigenvalue weighted by molar-refractivity contribution is 6.01. The van der Waals surface area contributed by atoms with E-state index in [9.17, 15) is 19.2 Å². The zero-order valence-electron chi connectivity index (χ0n) is 9.63. The van der Waals surface area contributed by atoms with Crippen molar-refractivity contribution in [1.82, 2.24) is 5.06 Å². The Morgan fingerprint density at radius 1 is 1.17 bits per heavy atom. The zero-order chi connectivity index (χ0) is 13.3. The fourth-order valence-electron chi connectivity index (χ4n) is 1.49. The third-order valence-corrected chi connectivity index (χ3v) is 2.69. The molecule has 0 radical (unpaired) electrons. The average Bonchev–Trinajstić information content (AvgIpc) is 2.65. The van der Waals surface area contributed by atoms with Gasteiger partial charge in [-0.3, -0.25) is 9.59 Å². The molecule has 0 aliphatic carbocycles. The van der Waals surface area contributed by atoms with E-state index in [2.05, 4.69) is 9.47 Å². The van der Waals surface area contributed by atoms with E-state index in [1.54, 1.807) is 0 Å². The number of hydroxylamine groups is 2. The van der Waals surface area contributed by atoms with Crippen molar-refractivity contribution < 1.29 is 33.5 Å². The molecule has 0 atom stereocenters. The summed E-state index contributed by atoms with van der Waals surface area (Å²) >= 11 is 0. The lowest BCUT2D eigenvalue weighted by Crippen LogP contribution is -2.47. The van der Waals surface area contributed by atoms with Crippen molar-refractivity contribution in [1.29, 1.82) is 0 Å². The van der Waals surface area contributed by atoms with E-state index in [4.69, 9.17) is 4.84 Å². The molecule has 8 nitrogen and oxygen atoms in total. The van der Waals surface area contributed by atoms with Gasteiger partial charge in [-0.15, -0.1) is 5.06 Å². The molecule has 98 valence electrons. The van der Waals surface area contributed by atoms with Gasteiger partial charge in [-0.1, -0.05) is 0 Å². The number of imide groups is 1. The third kappa shape index (κ3) is 2.13. The maximum Gasteiger partial charge on any atom is 0.508 e. The van der Waals surface area contributed by atoms with E-state index in [1.165, 1.54) is 6.92 Å². The van der Waals surface area contributed by atoms with Crippen molar-refractivity contribution in [2.24, 2.45) is 5.41 Å². The molecule has 2 aliphatic rings. The number of amides is 2. The summed E-state index contributed by atoms with van der Waals surface area (Å²) in [5, 5.41) is 0.448. The van der Waals surface area contributed by atoms with Gasteiger partial charge < -0.3 is 14.3 Å². The number of rotatable bonds is 2. The van der Waals surface area contributed by atoms with E-state index in [0.717, 1.165) is 0 Å². The molecule has 0 aromatic rings. The van der Waals surface area contributed by atoms with Crippen molar-refractivity contribution in [3.05, 3.63) is 0 Å². The van der Waals surface area contributed by atoms with Gasteiger partial charge >= 0.3 is 12.1 Å². The molecule has 2 heterocycles. The molecule has 8 heteroatoms. The first kappa shape index (κ1) is 12.3. The first-order chi connectivity index (χ1) is 8.42. The van der Waals surface area contributed by atoms with Crippen LogP contribution in [0.25, 0.3) is 0 Å². The summed E-state index contributed by atoms with van der Waals surface area (Å²) in [6.45, 7) is 1.01. The van der Waals surface area contributed by atoms with Gasteiger partial charge in [0.2, 0.25) is 0 Å². The SMILES string of the molecule is CC1(C(=O)ON2C(=O)CCC2=O)COC(=O)OC1. The van der Waals surface area contributed by atoms with Crippen molar-refractivity contribution >= 4 is 23.9 Å². The molecule has 2 saturated heterocycles. The minimum atomic E-state index is -1.23. The van der Waals surface area contributed by atoms with Crippen LogP contribution in [0.2, 0.25) is 0 Å². The third-order valence-electron chi connectivity index (χ3n) is 2.69. The van der Waals surface area contributed by atoms with Crippen LogP contribution < -0.4 is 0 Å². The van der Waals surface area contributed by atoms with Crippen molar-refractivity contribution in [3.8, 4) is 0 Å². The zero-order valence-corrected chi connectivity index (χ0v) is 9.63. The fraction of sp³-hybridized carbons (Fsp3) is 0.600. The fourth-order valence-corrected chi connectivity index (χ4v) is 1.49. The molecule has 2 rings (SSSR count). The van der Waals surface area contributed by atoms with Gasteiger partial charge in [-0.05, 0) is 6.92 Å². The minimum absolute atomic E-state index is 0.0221. The van der Waals surface area contributed by atoms with E-state index in [0.29, 0.717) is 5.06 Å². The molecule has 0 spiro atoms. The second kappa shape index (κ2) is 4.28. The Morgan fingerprint density at radius 2 is 1.67 bits per heavy atom. The Hall–Kier alpha value is -2.12. The van der Waals surface area contributed by atoms with Crippen LogP contribution in [-0.4, -0.2) is 42.2 Å². The van der Waals surface area contributed by atoms with Crippen LogP contribution in [0.1, 0.15) is 19.8 Å². The van der Waals surface area contributed by atoms with Crippen LogP contribution in [0, 0.1) is 5.41 Å². The summed E-state index contributed by atoms with van der Waals surface area (Å²) in [5.74, 6) is -1.98. The summed E-state index contributed by atoms with van der Waals surface area (Å²) < 4.78 is 9.16. The lowest BCUT2D eigenvalue weighted by Gasteiger charge is -2.30. The molecular formula is C10H11NO7. The Bertz CT molecular complexity index is 404. The number of carbonyl (C=O) groups excluding carboxylic acids is 4. The monoisotopic (exact) mass is 257 g/mol. The highest BCUT2D eigenvalue weighted by Gasteiger charge is 2.45. The van der Waals surface area contributed by atoms with Crippen LogP contribution in [0.3, 0.4) is 0 Å². The summed E-state index contributed by atoms with van der Waals surface area (Å²) in [6, 6.07) is 0. The van der Waals surface area contributed by atoms with E-state index >= 15 is 0 Å². The molecule has 18 heavy (non-hydrogen) atoms. The quantitative estimate of drug-likeness (QED) is 0.497. The van der Waals surface area contributed by atoms with Gasteiger partial charge in [-0.25, -0.2) is 9.59 Å². The first-order valence-electron chi connectivity index (χ1n) is 5.30. The number of cyclic esters (lactones) is 2. The number of ether oxygens (including phenoxy) is 2. The molecule has 0 N–H and O–H groups in total. The van der Waals surface area contributed by atoms with Crippen molar-refractivity contribution in [3.63, 3.8) is 0 Å².